The largest absolute Gasteiger partial charge is 0.481 e. The molecule has 1 N–H and O–H groups in total. The Kier molecular flexibility index (Phi) is 3.97. The Balaban J connectivity index is 1.99. The van der Waals surface area contributed by atoms with Crippen LogP contribution in [0.3, 0.4) is 0 Å². The summed E-state index contributed by atoms with van der Waals surface area (Å²) in [5, 5.41) is 8.88. The lowest BCUT2D eigenvalue weighted by atomic mass is 10.0. The van der Waals surface area contributed by atoms with Crippen LogP contribution < -0.4 is 0 Å². The van der Waals surface area contributed by atoms with Gasteiger partial charge in [0, 0.05) is 24.0 Å². The highest BCUT2D eigenvalue weighted by Crippen LogP contribution is 2.38. The van der Waals surface area contributed by atoms with E-state index in [0.29, 0.717) is 12.5 Å². The number of carbonyl (C=O) groups is 2. The summed E-state index contributed by atoms with van der Waals surface area (Å²) in [6.07, 6.45) is 2.38. The van der Waals surface area contributed by atoms with Gasteiger partial charge >= 0.3 is 5.97 Å². The summed E-state index contributed by atoms with van der Waals surface area (Å²) in [7, 11) is 0. The number of rotatable bonds is 4. The zero-order valence-electron chi connectivity index (χ0n) is 10.1. The minimum atomic E-state index is -0.811. The minimum Gasteiger partial charge on any atom is -0.481 e. The SMILES string of the molecule is CC(C(=O)N1CCSCC1CC(=O)O)C1CC1. The Bertz CT molecular complexity index is 317. The smallest absolute Gasteiger partial charge is 0.305 e. The molecular weight excluding hydrogens is 238 g/mol. The van der Waals surface area contributed by atoms with E-state index < -0.39 is 5.97 Å². The normalized spacial score (nSPS) is 26.6. The monoisotopic (exact) mass is 257 g/mol. The fourth-order valence-corrected chi connectivity index (χ4v) is 3.44. The molecule has 0 aromatic carbocycles. The third kappa shape index (κ3) is 3.15. The third-order valence-electron chi connectivity index (χ3n) is 3.64. The number of hydrogen-bond acceptors (Lipinski definition) is 3. The molecule has 2 fully saturated rings. The van der Waals surface area contributed by atoms with Crippen molar-refractivity contribution in [1.29, 1.82) is 0 Å². The van der Waals surface area contributed by atoms with Gasteiger partial charge < -0.3 is 10.0 Å². The molecule has 0 aromatic rings. The van der Waals surface area contributed by atoms with Crippen LogP contribution in [0.4, 0.5) is 0 Å². The molecule has 2 rings (SSSR count). The lowest BCUT2D eigenvalue weighted by molar-refractivity contribution is -0.142. The van der Waals surface area contributed by atoms with Crippen LogP contribution in [0.15, 0.2) is 0 Å². The highest BCUT2D eigenvalue weighted by molar-refractivity contribution is 7.99. The predicted molar refractivity (Wildman–Crippen MR) is 67.0 cm³/mol. The summed E-state index contributed by atoms with van der Waals surface area (Å²) < 4.78 is 0. The van der Waals surface area contributed by atoms with Gasteiger partial charge in [-0.1, -0.05) is 6.92 Å². The van der Waals surface area contributed by atoms with E-state index in [1.165, 1.54) is 0 Å². The maximum Gasteiger partial charge on any atom is 0.305 e. The summed E-state index contributed by atoms with van der Waals surface area (Å²) in [5.41, 5.74) is 0. The second kappa shape index (κ2) is 5.29. The van der Waals surface area contributed by atoms with Crippen LogP contribution in [-0.2, 0) is 9.59 Å². The molecule has 0 radical (unpaired) electrons. The minimum absolute atomic E-state index is 0.0781. The summed E-state index contributed by atoms with van der Waals surface area (Å²) in [4.78, 5) is 24.9. The molecule has 1 amide bonds. The molecule has 0 spiro atoms. The maximum absolute atomic E-state index is 12.3. The molecule has 1 aliphatic heterocycles. The molecule has 1 aliphatic carbocycles. The number of carboxylic acids is 1. The van der Waals surface area contributed by atoms with Gasteiger partial charge in [-0.25, -0.2) is 0 Å². The number of carbonyl (C=O) groups excluding carboxylic acids is 1. The van der Waals surface area contributed by atoms with Crippen LogP contribution in [0.1, 0.15) is 26.2 Å². The van der Waals surface area contributed by atoms with Crippen LogP contribution in [0.5, 0.6) is 0 Å². The average molecular weight is 257 g/mol. The van der Waals surface area contributed by atoms with Crippen molar-refractivity contribution >= 4 is 23.6 Å². The standard InChI is InChI=1S/C12H19NO3S/c1-8(9-2-3-9)12(16)13-4-5-17-7-10(13)6-11(14)15/h8-10H,2-7H2,1H3,(H,14,15). The van der Waals surface area contributed by atoms with E-state index in [0.717, 1.165) is 24.3 Å². The van der Waals surface area contributed by atoms with Gasteiger partial charge in [-0.3, -0.25) is 9.59 Å². The van der Waals surface area contributed by atoms with Gasteiger partial charge in [-0.15, -0.1) is 0 Å². The molecule has 1 saturated heterocycles. The first-order valence-corrected chi connectivity index (χ1v) is 7.35. The van der Waals surface area contributed by atoms with Crippen molar-refractivity contribution in [2.75, 3.05) is 18.1 Å². The van der Waals surface area contributed by atoms with E-state index >= 15 is 0 Å². The van der Waals surface area contributed by atoms with Crippen molar-refractivity contribution in [3.8, 4) is 0 Å². The lowest BCUT2D eigenvalue weighted by Gasteiger charge is -2.36. The Hall–Kier alpha value is -0.710. The molecule has 0 aromatic heterocycles. The predicted octanol–water partition coefficient (Wildman–Crippen LogP) is 1.45. The zero-order chi connectivity index (χ0) is 12.4. The molecule has 1 heterocycles. The fourth-order valence-electron chi connectivity index (χ4n) is 2.38. The van der Waals surface area contributed by atoms with Crippen molar-refractivity contribution in [2.24, 2.45) is 11.8 Å². The summed E-state index contributed by atoms with van der Waals surface area (Å²) in [6.45, 7) is 2.69. The number of nitrogens with zero attached hydrogens (tertiary/aromatic N) is 1. The molecule has 0 bridgehead atoms. The van der Waals surface area contributed by atoms with E-state index in [-0.39, 0.29) is 24.3 Å². The summed E-state index contributed by atoms with van der Waals surface area (Å²) in [6, 6.07) is -0.111. The number of hydrogen-bond donors (Lipinski definition) is 1. The molecule has 17 heavy (non-hydrogen) atoms. The van der Waals surface area contributed by atoms with E-state index in [9.17, 15) is 9.59 Å². The van der Waals surface area contributed by atoms with Crippen LogP contribution in [-0.4, -0.2) is 46.0 Å². The van der Waals surface area contributed by atoms with Gasteiger partial charge in [0.2, 0.25) is 5.91 Å². The van der Waals surface area contributed by atoms with Gasteiger partial charge in [0.25, 0.3) is 0 Å². The number of thioether (sulfide) groups is 1. The summed E-state index contributed by atoms with van der Waals surface area (Å²) >= 11 is 1.74. The van der Waals surface area contributed by atoms with E-state index in [4.69, 9.17) is 5.11 Å². The second-order valence-electron chi connectivity index (χ2n) is 4.98. The lowest BCUT2D eigenvalue weighted by Crippen LogP contribution is -2.49. The number of carboxylic acid groups (broad SMARTS) is 1. The number of aliphatic carboxylic acids is 1. The average Bonchev–Trinajstić information content (AvgIpc) is 3.11. The molecule has 1 saturated carbocycles. The first-order valence-electron chi connectivity index (χ1n) is 6.19. The topological polar surface area (TPSA) is 57.6 Å². The summed E-state index contributed by atoms with van der Waals surface area (Å²) in [5.74, 6) is 1.67. The van der Waals surface area contributed by atoms with Crippen LogP contribution in [0.2, 0.25) is 0 Å². The Morgan fingerprint density at radius 1 is 1.47 bits per heavy atom. The van der Waals surface area contributed by atoms with Crippen LogP contribution in [0, 0.1) is 11.8 Å². The van der Waals surface area contributed by atoms with Crippen molar-refractivity contribution in [1.82, 2.24) is 4.90 Å². The van der Waals surface area contributed by atoms with Crippen molar-refractivity contribution in [3.05, 3.63) is 0 Å². The fraction of sp³-hybridized carbons (Fsp3) is 0.833. The van der Waals surface area contributed by atoms with Gasteiger partial charge in [0.15, 0.2) is 0 Å². The van der Waals surface area contributed by atoms with Crippen LogP contribution >= 0.6 is 11.8 Å². The first-order chi connectivity index (χ1) is 8.09. The van der Waals surface area contributed by atoms with E-state index in [1.807, 2.05) is 11.8 Å². The Morgan fingerprint density at radius 2 is 2.18 bits per heavy atom. The van der Waals surface area contributed by atoms with Crippen molar-refractivity contribution < 1.29 is 14.7 Å². The van der Waals surface area contributed by atoms with Gasteiger partial charge in [-0.2, -0.15) is 11.8 Å². The molecule has 2 atom stereocenters. The Labute approximate surface area is 106 Å². The highest BCUT2D eigenvalue weighted by atomic mass is 32.2. The maximum atomic E-state index is 12.3. The molecule has 96 valence electrons. The van der Waals surface area contributed by atoms with Crippen LogP contribution in [0.25, 0.3) is 0 Å². The first kappa shape index (κ1) is 12.7. The third-order valence-corrected chi connectivity index (χ3v) is 4.73. The van der Waals surface area contributed by atoms with E-state index in [2.05, 4.69) is 0 Å². The quantitative estimate of drug-likeness (QED) is 0.828. The molecule has 2 unspecified atom stereocenters. The number of amides is 1. The van der Waals surface area contributed by atoms with Gasteiger partial charge in [0.1, 0.15) is 0 Å². The molecule has 4 nitrogen and oxygen atoms in total. The van der Waals surface area contributed by atoms with E-state index in [1.54, 1.807) is 11.8 Å². The Morgan fingerprint density at radius 3 is 2.76 bits per heavy atom. The van der Waals surface area contributed by atoms with Crippen molar-refractivity contribution in [2.45, 2.75) is 32.2 Å². The van der Waals surface area contributed by atoms with Crippen molar-refractivity contribution in [3.63, 3.8) is 0 Å². The molecule has 2 aliphatic rings. The highest BCUT2D eigenvalue weighted by Gasteiger charge is 2.38. The van der Waals surface area contributed by atoms with Gasteiger partial charge in [-0.05, 0) is 18.8 Å². The molecular formula is C12H19NO3S. The zero-order valence-corrected chi connectivity index (χ0v) is 10.9. The molecule has 5 heteroatoms. The van der Waals surface area contributed by atoms with Gasteiger partial charge in [0.05, 0.1) is 12.5 Å². The second-order valence-corrected chi connectivity index (χ2v) is 6.13.